The average Bonchev–Trinajstić information content (AvgIpc) is 3.04. The predicted octanol–water partition coefficient (Wildman–Crippen LogP) is 0.711. The number of likely N-dealkylation sites (N-methyl/N-ethyl adjacent to an activating group) is 1. The second-order valence-electron chi connectivity index (χ2n) is 6.86. The fourth-order valence-electron chi connectivity index (χ4n) is 3.38. The smallest absolute Gasteiger partial charge is 0.353 e. The fraction of sp³-hybridized carbons (Fsp3) is 0.350. The zero-order valence-corrected chi connectivity index (χ0v) is 16.2. The Labute approximate surface area is 164 Å². The molecule has 3 rings (SSSR count). The summed E-state index contributed by atoms with van der Waals surface area (Å²) < 4.78 is 4.51. The molecular weight excluding hydrogens is 360 g/mol. The Morgan fingerprint density at radius 2 is 1.82 bits per heavy atom. The number of benzene rings is 1. The molecule has 2 aliphatic heterocycles. The molecule has 1 saturated heterocycles. The van der Waals surface area contributed by atoms with Crippen molar-refractivity contribution in [2.45, 2.75) is 6.54 Å². The number of esters is 1. The summed E-state index contributed by atoms with van der Waals surface area (Å²) in [7, 11) is 3.28. The van der Waals surface area contributed by atoms with E-state index < -0.39 is 11.9 Å². The first-order valence-corrected chi connectivity index (χ1v) is 8.98. The molecule has 1 aromatic carbocycles. The molecule has 8 heteroatoms. The maximum absolute atomic E-state index is 12.8. The van der Waals surface area contributed by atoms with E-state index >= 15 is 0 Å². The summed E-state index contributed by atoms with van der Waals surface area (Å²) in [6.45, 7) is 11.1. The van der Waals surface area contributed by atoms with Crippen LogP contribution in [0.2, 0.25) is 0 Å². The Morgan fingerprint density at radius 1 is 1.14 bits per heavy atom. The highest BCUT2D eigenvalue weighted by Crippen LogP contribution is 2.33. The largest absolute Gasteiger partial charge is 0.464 e. The molecule has 28 heavy (non-hydrogen) atoms. The lowest BCUT2D eigenvalue weighted by atomic mass is 10.1. The van der Waals surface area contributed by atoms with Gasteiger partial charge in [-0.25, -0.2) is 4.79 Å². The van der Waals surface area contributed by atoms with Gasteiger partial charge < -0.3 is 19.9 Å². The molecule has 2 heterocycles. The van der Waals surface area contributed by atoms with E-state index in [0.717, 1.165) is 37.4 Å². The number of fused-ring (bicyclic) bond motifs is 1. The molecule has 0 radical (unpaired) electrons. The van der Waals surface area contributed by atoms with Crippen molar-refractivity contribution < 1.29 is 19.1 Å². The number of rotatable bonds is 5. The molecule has 1 fully saturated rings. The molecule has 0 aliphatic carbocycles. The number of carbonyl (C=O) groups excluding carboxylic acids is 3. The van der Waals surface area contributed by atoms with Crippen LogP contribution in [0.3, 0.4) is 0 Å². The van der Waals surface area contributed by atoms with Crippen molar-refractivity contribution in [1.29, 1.82) is 0 Å². The van der Waals surface area contributed by atoms with E-state index in [0.29, 0.717) is 5.56 Å². The summed E-state index contributed by atoms with van der Waals surface area (Å²) >= 11 is 0. The molecule has 0 spiro atoms. The molecule has 148 valence electrons. The zero-order chi connectivity index (χ0) is 20.4. The lowest BCUT2D eigenvalue weighted by Gasteiger charge is -2.35. The Hall–Kier alpha value is -3.13. The van der Waals surface area contributed by atoms with Crippen LogP contribution in [0.4, 0.5) is 5.69 Å². The molecule has 0 bridgehead atoms. The lowest BCUT2D eigenvalue weighted by molar-refractivity contribution is -0.137. The van der Waals surface area contributed by atoms with Gasteiger partial charge in [0.2, 0.25) is 0 Å². The van der Waals surface area contributed by atoms with Crippen LogP contribution in [0.15, 0.2) is 42.8 Å². The number of nitrogens with one attached hydrogen (secondary N) is 1. The maximum atomic E-state index is 12.8. The Bertz CT molecular complexity index is 856. The molecule has 1 N–H and O–H groups in total. The Kier molecular flexibility index (Phi) is 5.51. The van der Waals surface area contributed by atoms with Gasteiger partial charge in [-0.1, -0.05) is 19.2 Å². The average molecular weight is 384 g/mol. The van der Waals surface area contributed by atoms with Gasteiger partial charge in [0, 0.05) is 43.0 Å². The SMILES string of the molecule is C=C(NC(=O)C(=C)N1Cc2c(cccc2N2CCN(C)CC2)C1=O)C(=O)OC. The summed E-state index contributed by atoms with van der Waals surface area (Å²) in [6.07, 6.45) is 0. The monoisotopic (exact) mass is 384 g/mol. The standard InChI is InChI=1S/C20H24N4O4/c1-13(20(27)28-4)21-18(25)14(2)24-12-16-15(19(24)26)6-5-7-17(16)23-10-8-22(3)9-11-23/h5-7H,1-2,8-12H2,3-4H3,(H,21,25). The van der Waals surface area contributed by atoms with Crippen LogP contribution in [0.1, 0.15) is 15.9 Å². The van der Waals surface area contributed by atoms with Gasteiger partial charge in [0.15, 0.2) is 0 Å². The summed E-state index contributed by atoms with van der Waals surface area (Å²) in [4.78, 5) is 42.5. The highest BCUT2D eigenvalue weighted by Gasteiger charge is 2.34. The number of nitrogens with zero attached hydrogens (tertiary/aromatic N) is 3. The normalized spacial score (nSPS) is 16.6. The number of anilines is 1. The van der Waals surface area contributed by atoms with Gasteiger partial charge in [-0.05, 0) is 19.2 Å². The van der Waals surface area contributed by atoms with Crippen LogP contribution in [0, 0.1) is 0 Å². The van der Waals surface area contributed by atoms with Crippen LogP contribution < -0.4 is 10.2 Å². The van der Waals surface area contributed by atoms with Crippen molar-refractivity contribution in [3.8, 4) is 0 Å². The van der Waals surface area contributed by atoms with Crippen LogP contribution in [0.25, 0.3) is 0 Å². The number of piperazine rings is 1. The van der Waals surface area contributed by atoms with Gasteiger partial charge >= 0.3 is 5.97 Å². The third kappa shape index (κ3) is 3.63. The number of hydrogen-bond donors (Lipinski definition) is 1. The molecule has 0 saturated carbocycles. The van der Waals surface area contributed by atoms with E-state index in [2.05, 4.69) is 40.1 Å². The number of methoxy groups -OCH3 is 1. The second kappa shape index (κ2) is 7.85. The third-order valence-corrected chi connectivity index (χ3v) is 5.07. The van der Waals surface area contributed by atoms with Crippen molar-refractivity contribution in [1.82, 2.24) is 15.1 Å². The van der Waals surface area contributed by atoms with Gasteiger partial charge in [-0.3, -0.25) is 14.5 Å². The van der Waals surface area contributed by atoms with Gasteiger partial charge in [0.1, 0.15) is 11.4 Å². The summed E-state index contributed by atoms with van der Waals surface area (Å²) in [6, 6.07) is 5.62. The quantitative estimate of drug-likeness (QED) is 0.595. The Morgan fingerprint density at radius 3 is 2.46 bits per heavy atom. The first kappa shape index (κ1) is 19.6. The van der Waals surface area contributed by atoms with E-state index in [9.17, 15) is 14.4 Å². The molecule has 0 unspecified atom stereocenters. The van der Waals surface area contributed by atoms with Gasteiger partial charge in [-0.15, -0.1) is 0 Å². The highest BCUT2D eigenvalue weighted by molar-refractivity contribution is 6.07. The first-order valence-electron chi connectivity index (χ1n) is 8.98. The first-order chi connectivity index (χ1) is 13.3. The minimum atomic E-state index is -0.755. The molecular formula is C20H24N4O4. The Balaban J connectivity index is 1.77. The fourth-order valence-corrected chi connectivity index (χ4v) is 3.38. The van der Waals surface area contributed by atoms with E-state index in [1.807, 2.05) is 12.1 Å². The molecule has 0 atom stereocenters. The van der Waals surface area contributed by atoms with Crippen LogP contribution in [0.5, 0.6) is 0 Å². The maximum Gasteiger partial charge on any atom is 0.353 e. The minimum absolute atomic E-state index is 0.0458. The lowest BCUT2D eigenvalue weighted by Crippen LogP contribution is -2.44. The van der Waals surface area contributed by atoms with Crippen LogP contribution >= 0.6 is 0 Å². The molecule has 2 amide bonds. The number of amides is 2. The molecule has 1 aromatic rings. The van der Waals surface area contributed by atoms with Crippen molar-refractivity contribution in [2.24, 2.45) is 0 Å². The summed E-state index contributed by atoms with van der Waals surface area (Å²) in [5.74, 6) is -1.71. The number of hydrogen-bond acceptors (Lipinski definition) is 6. The topological polar surface area (TPSA) is 82.2 Å². The minimum Gasteiger partial charge on any atom is -0.464 e. The third-order valence-electron chi connectivity index (χ3n) is 5.07. The van der Waals surface area contributed by atoms with E-state index in [-0.39, 0.29) is 23.8 Å². The van der Waals surface area contributed by atoms with E-state index in [4.69, 9.17) is 0 Å². The summed E-state index contributed by atoms with van der Waals surface area (Å²) in [5.41, 5.74) is 2.20. The molecule has 0 aromatic heterocycles. The number of carbonyl (C=O) groups is 3. The van der Waals surface area contributed by atoms with Gasteiger partial charge in [-0.2, -0.15) is 0 Å². The van der Waals surface area contributed by atoms with Crippen LogP contribution in [-0.4, -0.2) is 67.9 Å². The van der Waals surface area contributed by atoms with E-state index in [1.165, 1.54) is 12.0 Å². The van der Waals surface area contributed by atoms with Crippen LogP contribution in [-0.2, 0) is 20.9 Å². The summed E-state index contributed by atoms with van der Waals surface area (Å²) in [5, 5.41) is 2.32. The van der Waals surface area contributed by atoms with Crippen molar-refractivity contribution >= 4 is 23.5 Å². The van der Waals surface area contributed by atoms with E-state index in [1.54, 1.807) is 6.07 Å². The van der Waals surface area contributed by atoms with Crippen molar-refractivity contribution in [2.75, 3.05) is 45.2 Å². The second-order valence-corrected chi connectivity index (χ2v) is 6.86. The molecule has 2 aliphatic rings. The van der Waals surface area contributed by atoms with Crippen molar-refractivity contribution in [3.05, 3.63) is 53.9 Å². The molecule has 8 nitrogen and oxygen atoms in total. The number of ether oxygens (including phenoxy) is 1. The van der Waals surface area contributed by atoms with Gasteiger partial charge in [0.25, 0.3) is 11.8 Å². The van der Waals surface area contributed by atoms with Crippen molar-refractivity contribution in [3.63, 3.8) is 0 Å². The predicted molar refractivity (Wildman–Crippen MR) is 104 cm³/mol. The zero-order valence-electron chi connectivity index (χ0n) is 16.2. The highest BCUT2D eigenvalue weighted by atomic mass is 16.5. The van der Waals surface area contributed by atoms with Gasteiger partial charge in [0.05, 0.1) is 13.7 Å².